The summed E-state index contributed by atoms with van der Waals surface area (Å²) in [5.74, 6) is 4.01. The van der Waals surface area contributed by atoms with Crippen molar-refractivity contribution in [2.24, 2.45) is 46.8 Å². The van der Waals surface area contributed by atoms with Crippen molar-refractivity contribution in [1.29, 1.82) is 0 Å². The first kappa shape index (κ1) is 8.48. The van der Waals surface area contributed by atoms with Gasteiger partial charge < -0.3 is 14.2 Å². The lowest BCUT2D eigenvalue weighted by Crippen LogP contribution is -2.90. The fraction of sp³-hybridized carbons (Fsp3) is 0.923. The first-order valence-electron chi connectivity index (χ1n) is 6.66. The molecule has 7 rings (SSSR count). The normalized spacial score (nSPS) is 68.9. The van der Waals surface area contributed by atoms with E-state index in [-0.39, 0.29) is 17.2 Å². The van der Waals surface area contributed by atoms with Crippen LogP contribution in [0.4, 0.5) is 0 Å². The summed E-state index contributed by atoms with van der Waals surface area (Å²) in [6, 6.07) is 0. The standard InChI is InChI=1S/C13H14O4/c1-15-11(14)12-6-4-7-5(6)9(12)10(8(4)12)13(7)16-2-3-17-13/h4-10H,2-3H2,1H3/t4-,5+,6?,7?,8-,9+,10?,12?. The summed E-state index contributed by atoms with van der Waals surface area (Å²) in [6.45, 7) is 1.48. The van der Waals surface area contributed by atoms with E-state index < -0.39 is 0 Å². The Morgan fingerprint density at radius 2 is 1.71 bits per heavy atom. The topological polar surface area (TPSA) is 44.8 Å². The van der Waals surface area contributed by atoms with Gasteiger partial charge >= 0.3 is 5.97 Å². The van der Waals surface area contributed by atoms with Gasteiger partial charge in [-0.25, -0.2) is 0 Å². The third kappa shape index (κ3) is 0.449. The van der Waals surface area contributed by atoms with Crippen molar-refractivity contribution in [2.75, 3.05) is 20.3 Å². The molecule has 90 valence electrons. The Balaban J connectivity index is 1.50. The number of ether oxygens (including phenoxy) is 3. The molecule has 1 spiro atoms. The molecule has 0 aromatic rings. The van der Waals surface area contributed by atoms with Crippen molar-refractivity contribution in [2.45, 2.75) is 5.79 Å². The van der Waals surface area contributed by atoms with Gasteiger partial charge in [0.25, 0.3) is 0 Å². The van der Waals surface area contributed by atoms with Gasteiger partial charge in [0.1, 0.15) is 0 Å². The minimum Gasteiger partial charge on any atom is -0.469 e. The Morgan fingerprint density at radius 3 is 2.29 bits per heavy atom. The Kier molecular flexibility index (Phi) is 0.975. The maximum atomic E-state index is 12.0. The monoisotopic (exact) mass is 234 g/mol. The van der Waals surface area contributed by atoms with Crippen LogP contribution in [0.2, 0.25) is 0 Å². The largest absolute Gasteiger partial charge is 0.469 e. The van der Waals surface area contributed by atoms with Gasteiger partial charge in [-0.1, -0.05) is 0 Å². The zero-order valence-corrected chi connectivity index (χ0v) is 9.59. The zero-order valence-electron chi connectivity index (χ0n) is 9.59. The summed E-state index contributed by atoms with van der Waals surface area (Å²) in [5, 5.41) is 0. The third-order valence-electron chi connectivity index (χ3n) is 7.12. The van der Waals surface area contributed by atoms with Crippen LogP contribution >= 0.6 is 0 Å². The van der Waals surface area contributed by atoms with E-state index in [1.165, 1.54) is 7.11 Å². The quantitative estimate of drug-likeness (QED) is 0.611. The second-order valence-electron chi connectivity index (χ2n) is 6.63. The number of esters is 1. The van der Waals surface area contributed by atoms with Gasteiger partial charge in [0.2, 0.25) is 0 Å². The molecule has 6 aliphatic carbocycles. The lowest BCUT2D eigenvalue weighted by atomic mass is 9.13. The van der Waals surface area contributed by atoms with Crippen LogP contribution in [0.3, 0.4) is 0 Å². The highest BCUT2D eigenvalue weighted by Gasteiger charge is 3.06. The molecule has 0 N–H and O–H groups in total. The molecular formula is C13H14O4. The van der Waals surface area contributed by atoms with Crippen LogP contribution in [-0.4, -0.2) is 32.1 Å². The second kappa shape index (κ2) is 1.95. The molecule has 1 heterocycles. The van der Waals surface area contributed by atoms with Crippen LogP contribution in [0.25, 0.3) is 0 Å². The van der Waals surface area contributed by atoms with Crippen LogP contribution in [0.15, 0.2) is 0 Å². The molecule has 2 bridgehead atoms. The number of hydrogen-bond donors (Lipinski definition) is 0. The van der Waals surface area contributed by atoms with Crippen LogP contribution in [0.1, 0.15) is 0 Å². The number of methoxy groups -OCH3 is 1. The minimum atomic E-state index is -0.269. The van der Waals surface area contributed by atoms with E-state index in [9.17, 15) is 4.79 Å². The van der Waals surface area contributed by atoms with Crippen LogP contribution in [-0.2, 0) is 19.0 Å². The molecular weight excluding hydrogens is 220 g/mol. The molecule has 1 aliphatic heterocycles. The molecule has 0 radical (unpaired) electrons. The summed E-state index contributed by atoms with van der Waals surface area (Å²) in [7, 11) is 1.53. The maximum Gasteiger partial charge on any atom is 0.312 e. The highest BCUT2D eigenvalue weighted by Crippen LogP contribution is 3.02. The average molecular weight is 234 g/mol. The zero-order chi connectivity index (χ0) is 11.2. The van der Waals surface area contributed by atoms with E-state index in [1.807, 2.05) is 0 Å². The maximum absolute atomic E-state index is 12.0. The van der Waals surface area contributed by atoms with Gasteiger partial charge in [-0.3, -0.25) is 4.79 Å². The van der Waals surface area contributed by atoms with E-state index in [1.54, 1.807) is 0 Å². The Labute approximate surface area is 98.6 Å². The van der Waals surface area contributed by atoms with E-state index in [0.29, 0.717) is 41.4 Å². The van der Waals surface area contributed by atoms with Gasteiger partial charge in [0.15, 0.2) is 5.79 Å². The number of rotatable bonds is 1. The predicted octanol–water partition coefficient (Wildman–Crippen LogP) is 0.270. The number of carbonyl (C=O) groups is 1. The van der Waals surface area contributed by atoms with Crippen LogP contribution < -0.4 is 0 Å². The molecule has 6 saturated carbocycles. The molecule has 4 unspecified atom stereocenters. The highest BCUT2D eigenvalue weighted by atomic mass is 16.7. The summed E-state index contributed by atoms with van der Waals surface area (Å²) in [5.41, 5.74) is -0.0793. The van der Waals surface area contributed by atoms with Crippen molar-refractivity contribution in [3.63, 3.8) is 0 Å². The van der Waals surface area contributed by atoms with Crippen molar-refractivity contribution < 1.29 is 19.0 Å². The third-order valence-corrected chi connectivity index (χ3v) is 7.12. The second-order valence-corrected chi connectivity index (χ2v) is 6.63. The molecule has 17 heavy (non-hydrogen) atoms. The van der Waals surface area contributed by atoms with Gasteiger partial charge in [-0.05, 0) is 29.6 Å². The van der Waals surface area contributed by atoms with E-state index in [0.717, 1.165) is 13.2 Å². The van der Waals surface area contributed by atoms with Crippen molar-refractivity contribution in [1.82, 2.24) is 0 Å². The summed E-state index contributed by atoms with van der Waals surface area (Å²) in [6.07, 6.45) is 0. The van der Waals surface area contributed by atoms with E-state index in [4.69, 9.17) is 14.2 Å². The molecule has 4 nitrogen and oxygen atoms in total. The molecule has 4 heteroatoms. The summed E-state index contributed by atoms with van der Waals surface area (Å²) in [4.78, 5) is 12.0. The van der Waals surface area contributed by atoms with Crippen LogP contribution in [0.5, 0.6) is 0 Å². The molecule has 7 fully saturated rings. The summed E-state index contributed by atoms with van der Waals surface area (Å²) >= 11 is 0. The van der Waals surface area contributed by atoms with E-state index >= 15 is 0 Å². The Morgan fingerprint density at radius 1 is 1.06 bits per heavy atom. The number of carbonyl (C=O) groups excluding carboxylic acids is 1. The van der Waals surface area contributed by atoms with Crippen molar-refractivity contribution in [3.05, 3.63) is 0 Å². The fourth-order valence-electron chi connectivity index (χ4n) is 7.26. The molecule has 0 amide bonds. The van der Waals surface area contributed by atoms with Gasteiger partial charge in [-0.2, -0.15) is 0 Å². The molecule has 0 aromatic carbocycles. The van der Waals surface area contributed by atoms with Gasteiger partial charge in [0, 0.05) is 11.8 Å². The first-order chi connectivity index (χ1) is 8.30. The lowest BCUT2D eigenvalue weighted by Gasteiger charge is -2.88. The fourth-order valence-corrected chi connectivity index (χ4v) is 7.26. The lowest BCUT2D eigenvalue weighted by molar-refractivity contribution is -0.430. The first-order valence-corrected chi connectivity index (χ1v) is 6.66. The summed E-state index contributed by atoms with van der Waals surface area (Å²) < 4.78 is 17.0. The Bertz CT molecular complexity index is 460. The molecule has 8 atom stereocenters. The van der Waals surface area contributed by atoms with E-state index in [2.05, 4.69) is 0 Å². The molecule has 7 aliphatic rings. The Hall–Kier alpha value is -0.610. The highest BCUT2D eigenvalue weighted by molar-refractivity contribution is 5.86. The number of hydrogen-bond acceptors (Lipinski definition) is 4. The van der Waals surface area contributed by atoms with Crippen molar-refractivity contribution in [3.8, 4) is 0 Å². The molecule has 0 aromatic heterocycles. The smallest absolute Gasteiger partial charge is 0.312 e. The van der Waals surface area contributed by atoms with Crippen molar-refractivity contribution >= 4 is 5.97 Å². The van der Waals surface area contributed by atoms with Crippen LogP contribution in [0, 0.1) is 46.8 Å². The minimum absolute atomic E-state index is 0.0507. The van der Waals surface area contributed by atoms with Gasteiger partial charge in [-0.15, -0.1) is 0 Å². The predicted molar refractivity (Wildman–Crippen MR) is 53.5 cm³/mol. The van der Waals surface area contributed by atoms with Gasteiger partial charge in [0.05, 0.1) is 25.7 Å². The molecule has 1 saturated heterocycles. The average Bonchev–Trinajstić information content (AvgIpc) is 2.85. The SMILES string of the molecule is COC(=O)C12C3[C@H]4C5[C@@H]3[C@@H]1C([C@H]42)C51OCCO1.